The van der Waals surface area contributed by atoms with Gasteiger partial charge in [-0.05, 0) is 110 Å². The normalized spacial score (nSPS) is 19.0. The Bertz CT molecular complexity index is 2790. The number of aromatic nitrogens is 2. The van der Waals surface area contributed by atoms with Crippen LogP contribution >= 0.6 is 0 Å². The number of nitrogens with one attached hydrogen (secondary N) is 3. The summed E-state index contributed by atoms with van der Waals surface area (Å²) >= 11 is 0. The van der Waals surface area contributed by atoms with Crippen LogP contribution in [0.2, 0.25) is 0 Å². The number of aliphatic hydroxyl groups is 1. The number of imide groups is 1. The molecule has 2 aromatic heterocycles. The highest BCUT2D eigenvalue weighted by atomic mass is 32.2. The molecule has 3 fully saturated rings. The highest BCUT2D eigenvalue weighted by Gasteiger charge is 2.39. The maximum atomic E-state index is 15.7. The molecule has 65 heavy (non-hydrogen) atoms. The number of anilines is 2. The smallest absolute Gasteiger partial charge is 0.301 e. The minimum atomic E-state index is -4.30. The highest BCUT2D eigenvalue weighted by molar-refractivity contribution is 7.90. The monoisotopic (exact) mass is 908 g/mol. The van der Waals surface area contributed by atoms with Gasteiger partial charge in [0.1, 0.15) is 17.5 Å². The molecule has 3 amide bonds. The Morgan fingerprint density at radius 2 is 1.69 bits per heavy atom. The second-order valence-electron chi connectivity index (χ2n) is 17.5. The quantitative estimate of drug-likeness (QED) is 0.0907. The first-order valence-electron chi connectivity index (χ1n) is 22.0. The summed E-state index contributed by atoms with van der Waals surface area (Å²) in [5, 5.41) is 11.8. The highest BCUT2D eigenvalue weighted by Crippen LogP contribution is 2.36. The number of aromatic amines is 1. The number of hydrogen-bond acceptors (Lipinski definition) is 10. The van der Waals surface area contributed by atoms with E-state index in [1.807, 2.05) is 22.9 Å². The fourth-order valence-corrected chi connectivity index (χ4v) is 10.6. The molecular formula is C47H50F2N8O7S. The lowest BCUT2D eigenvalue weighted by molar-refractivity contribution is -0.136. The first kappa shape index (κ1) is 44.1. The Balaban J connectivity index is 0.782. The first-order chi connectivity index (χ1) is 31.3. The topological polar surface area (TPSA) is 188 Å². The molecule has 0 unspecified atom stereocenters. The average molecular weight is 909 g/mol. The van der Waals surface area contributed by atoms with E-state index in [1.54, 1.807) is 17.2 Å². The van der Waals surface area contributed by atoms with Crippen molar-refractivity contribution < 1.29 is 41.5 Å². The van der Waals surface area contributed by atoms with Crippen LogP contribution in [0.1, 0.15) is 81.8 Å². The van der Waals surface area contributed by atoms with Crippen molar-refractivity contribution in [3.8, 4) is 11.1 Å². The number of rotatable bonds is 13. The van der Waals surface area contributed by atoms with Gasteiger partial charge in [0.25, 0.3) is 5.91 Å². The Morgan fingerprint density at radius 3 is 2.42 bits per heavy atom. The van der Waals surface area contributed by atoms with Gasteiger partial charge in [0.2, 0.25) is 17.6 Å². The minimum absolute atomic E-state index is 0.0344. The zero-order valence-corrected chi connectivity index (χ0v) is 36.7. The number of likely N-dealkylation sites (tertiary alicyclic amines) is 1. The second kappa shape index (κ2) is 18.1. The van der Waals surface area contributed by atoms with Crippen molar-refractivity contribution in [1.29, 1.82) is 0 Å². The molecule has 4 aliphatic heterocycles. The molecule has 3 saturated heterocycles. The lowest BCUT2D eigenvalue weighted by atomic mass is 9.87. The third kappa shape index (κ3) is 8.87. The molecule has 0 saturated carbocycles. The first-order valence-corrected chi connectivity index (χ1v) is 23.4. The van der Waals surface area contributed by atoms with Crippen LogP contribution in [-0.4, -0.2) is 120 Å². The molecule has 0 spiro atoms. The standard InChI is InChI=1S/C47H50F2N8O7S/c1-54(20-21-58)65(63,64)53-39-9-8-38(48)42(43(39)49)44(60)37-25-51-45-36(37)23-32(24-50-45)29-2-5-34(6-3-29)56-18-12-28(13-19-56)26-55-16-14-30(15-17-55)31-4-7-35-33(22-31)27-57(47(35)62)40-10-11-41(59)52-46(40)61/h2-9,22-25,28,30,40,53,58H,10-21,26-27H2,1H3,(H,50,51)(H,52,59,61)/t40-/m0/s1. The third-order valence-electron chi connectivity index (χ3n) is 13.5. The van der Waals surface area contributed by atoms with Gasteiger partial charge in [0.15, 0.2) is 5.82 Å². The number of ketones is 1. The van der Waals surface area contributed by atoms with E-state index in [-0.39, 0.29) is 30.3 Å². The number of pyridine rings is 1. The predicted octanol–water partition coefficient (Wildman–Crippen LogP) is 5.18. The number of carbonyl (C=O) groups is 4. The van der Waals surface area contributed by atoms with E-state index in [0.29, 0.717) is 47.0 Å². The number of benzene rings is 3. The molecular weight excluding hydrogens is 859 g/mol. The van der Waals surface area contributed by atoms with Gasteiger partial charge in [-0.1, -0.05) is 24.3 Å². The molecule has 4 N–H and O–H groups in total. The number of hydrogen-bond donors (Lipinski definition) is 4. The fraction of sp³-hybridized carbons (Fsp3) is 0.383. The van der Waals surface area contributed by atoms with Gasteiger partial charge in [-0.15, -0.1) is 0 Å². The molecule has 9 rings (SSSR count). The maximum absolute atomic E-state index is 15.7. The number of piperidine rings is 3. The van der Waals surface area contributed by atoms with Crippen LogP contribution in [0, 0.1) is 17.6 Å². The summed E-state index contributed by atoms with van der Waals surface area (Å²) in [7, 11) is -3.12. The fourth-order valence-electron chi connectivity index (χ4n) is 9.70. The van der Waals surface area contributed by atoms with Crippen LogP contribution in [0.5, 0.6) is 0 Å². The maximum Gasteiger partial charge on any atom is 0.301 e. The molecule has 15 nitrogen and oxygen atoms in total. The Labute approximate surface area is 375 Å². The number of fused-ring (bicyclic) bond motifs is 2. The van der Waals surface area contributed by atoms with Crippen molar-refractivity contribution in [3.05, 3.63) is 113 Å². The van der Waals surface area contributed by atoms with Gasteiger partial charge >= 0.3 is 10.2 Å². The summed E-state index contributed by atoms with van der Waals surface area (Å²) in [5.74, 6) is -3.35. The van der Waals surface area contributed by atoms with Crippen molar-refractivity contribution in [2.75, 3.05) is 62.5 Å². The van der Waals surface area contributed by atoms with E-state index in [1.165, 1.54) is 18.8 Å². The van der Waals surface area contributed by atoms with Gasteiger partial charge in [-0.2, -0.15) is 12.7 Å². The van der Waals surface area contributed by atoms with Crippen LogP contribution < -0.4 is 14.9 Å². The van der Waals surface area contributed by atoms with Crippen molar-refractivity contribution in [1.82, 2.24) is 29.4 Å². The summed E-state index contributed by atoms with van der Waals surface area (Å²) in [6.45, 7) is 4.61. The number of halogens is 2. The summed E-state index contributed by atoms with van der Waals surface area (Å²) < 4.78 is 58.8. The molecule has 340 valence electrons. The predicted molar refractivity (Wildman–Crippen MR) is 239 cm³/mol. The van der Waals surface area contributed by atoms with Gasteiger partial charge in [-0.25, -0.2) is 13.8 Å². The van der Waals surface area contributed by atoms with E-state index >= 15 is 8.78 Å². The number of H-pyrrole nitrogens is 1. The van der Waals surface area contributed by atoms with E-state index in [0.717, 1.165) is 91.7 Å². The zero-order valence-electron chi connectivity index (χ0n) is 35.9. The second-order valence-corrected chi connectivity index (χ2v) is 19.2. The lowest BCUT2D eigenvalue weighted by Gasteiger charge is -2.38. The van der Waals surface area contributed by atoms with E-state index < -0.39 is 57.4 Å². The summed E-state index contributed by atoms with van der Waals surface area (Å²) in [6, 6.07) is 17.0. The van der Waals surface area contributed by atoms with Crippen molar-refractivity contribution in [2.24, 2.45) is 5.92 Å². The minimum Gasteiger partial charge on any atom is -0.395 e. The molecule has 3 aromatic carbocycles. The number of nitrogens with zero attached hydrogens (tertiary/aromatic N) is 5. The van der Waals surface area contributed by atoms with Gasteiger partial charge < -0.3 is 24.8 Å². The van der Waals surface area contributed by atoms with Crippen LogP contribution in [0.4, 0.5) is 20.2 Å². The van der Waals surface area contributed by atoms with Gasteiger partial charge in [0.05, 0.1) is 17.9 Å². The van der Waals surface area contributed by atoms with Gasteiger partial charge in [0, 0.05) is 86.3 Å². The number of carbonyl (C=O) groups excluding carboxylic acids is 4. The Kier molecular flexibility index (Phi) is 12.3. The summed E-state index contributed by atoms with van der Waals surface area (Å²) in [5.41, 5.74) is 4.23. The SMILES string of the molecule is CN(CCO)S(=O)(=O)Nc1ccc(F)c(C(=O)c2c[nH]c3ncc(-c4ccc(N5CCC(CN6CCC(c7ccc8c(c7)CN([C@H]7CCC(=O)NC7=O)C8=O)CC6)CC5)cc4)cc23)c1F. The molecule has 5 aromatic rings. The van der Waals surface area contributed by atoms with E-state index in [2.05, 4.69) is 49.4 Å². The molecule has 1 atom stereocenters. The van der Waals surface area contributed by atoms with Crippen LogP contribution in [0.3, 0.4) is 0 Å². The van der Waals surface area contributed by atoms with E-state index in [4.69, 9.17) is 5.11 Å². The molecule has 6 heterocycles. The molecule has 0 bridgehead atoms. The van der Waals surface area contributed by atoms with Crippen LogP contribution in [0.15, 0.2) is 73.1 Å². The van der Waals surface area contributed by atoms with Crippen molar-refractivity contribution >= 4 is 56.1 Å². The third-order valence-corrected chi connectivity index (χ3v) is 14.9. The van der Waals surface area contributed by atoms with Crippen LogP contribution in [-0.2, 0) is 26.3 Å². The number of likely N-dealkylation sites (N-methyl/N-ethyl adjacent to an activating group) is 1. The van der Waals surface area contributed by atoms with E-state index in [9.17, 15) is 27.6 Å². The molecule has 0 radical (unpaired) electrons. The largest absolute Gasteiger partial charge is 0.395 e. The summed E-state index contributed by atoms with van der Waals surface area (Å²) in [6.07, 6.45) is 7.80. The summed E-state index contributed by atoms with van der Waals surface area (Å²) in [4.78, 5) is 64.9. The van der Waals surface area contributed by atoms with Crippen molar-refractivity contribution in [3.63, 3.8) is 0 Å². The molecule has 0 aliphatic carbocycles. The molecule has 4 aliphatic rings. The van der Waals surface area contributed by atoms with Gasteiger partial charge in [-0.3, -0.25) is 29.2 Å². The van der Waals surface area contributed by atoms with Crippen molar-refractivity contribution in [2.45, 2.75) is 57.0 Å². The number of amides is 3. The Hall–Kier alpha value is -6.08. The van der Waals surface area contributed by atoms with Crippen LogP contribution in [0.25, 0.3) is 22.2 Å². The average Bonchev–Trinajstić information content (AvgIpc) is 3.88. The Morgan fingerprint density at radius 1 is 0.938 bits per heavy atom. The number of aliphatic hydroxyl groups excluding tert-OH is 1. The zero-order chi connectivity index (χ0) is 45.6. The lowest BCUT2D eigenvalue weighted by Crippen LogP contribution is -2.52. The molecule has 18 heteroatoms.